The molecule has 0 radical (unpaired) electrons. The number of likely N-dealkylation sites (tertiary alicyclic amines) is 2. The van der Waals surface area contributed by atoms with Gasteiger partial charge in [0.15, 0.2) is 0 Å². The zero-order valence-corrected chi connectivity index (χ0v) is 17.4. The molecule has 3 aliphatic rings. The van der Waals surface area contributed by atoms with Gasteiger partial charge in [-0.05, 0) is 25.8 Å². The van der Waals surface area contributed by atoms with Gasteiger partial charge in [-0.15, -0.1) is 24.8 Å². The predicted octanol–water partition coefficient (Wildman–Crippen LogP) is -0.679. The zero-order chi connectivity index (χ0) is 17.8. The molecule has 0 aromatic rings. The van der Waals surface area contributed by atoms with Crippen LogP contribution in [0, 0.1) is 5.92 Å². The van der Waals surface area contributed by atoms with Crippen LogP contribution in [0.15, 0.2) is 0 Å². The highest BCUT2D eigenvalue weighted by molar-refractivity contribution is 5.85. The first-order chi connectivity index (χ1) is 12.1. The Balaban J connectivity index is 0.00000182. The maximum atomic E-state index is 12.6. The maximum Gasteiger partial charge on any atom is 0.236 e. The number of likely N-dealkylation sites (N-methyl/N-ethyl adjacent to an activating group) is 1. The summed E-state index contributed by atoms with van der Waals surface area (Å²) in [6, 6.07) is 0.263. The number of nitrogens with zero attached hydrogens (tertiary/aromatic N) is 3. The van der Waals surface area contributed by atoms with E-state index in [2.05, 4.69) is 10.6 Å². The fourth-order valence-corrected chi connectivity index (χ4v) is 4.22. The van der Waals surface area contributed by atoms with Crippen molar-refractivity contribution in [3.63, 3.8) is 0 Å². The average molecular weight is 424 g/mol. The van der Waals surface area contributed by atoms with E-state index in [9.17, 15) is 14.4 Å². The lowest BCUT2D eigenvalue weighted by atomic mass is 9.83. The van der Waals surface area contributed by atoms with Gasteiger partial charge in [-0.25, -0.2) is 0 Å². The number of halogens is 2. The molecule has 3 saturated heterocycles. The second kappa shape index (κ2) is 11.0. The molecule has 156 valence electrons. The summed E-state index contributed by atoms with van der Waals surface area (Å²) in [5.74, 6) is 0.711. The molecule has 3 aliphatic heterocycles. The van der Waals surface area contributed by atoms with Crippen molar-refractivity contribution < 1.29 is 14.4 Å². The molecular formula is C17H31Cl2N5O3. The van der Waals surface area contributed by atoms with Gasteiger partial charge in [0.1, 0.15) is 0 Å². The Hall–Kier alpha value is -1.09. The van der Waals surface area contributed by atoms with Crippen molar-refractivity contribution in [3.05, 3.63) is 0 Å². The van der Waals surface area contributed by atoms with Crippen LogP contribution in [0.4, 0.5) is 0 Å². The summed E-state index contributed by atoms with van der Waals surface area (Å²) in [4.78, 5) is 42.2. The number of fused-ring (bicyclic) bond motifs is 1. The predicted molar refractivity (Wildman–Crippen MR) is 107 cm³/mol. The lowest BCUT2D eigenvalue weighted by Gasteiger charge is -2.47. The second-order valence-corrected chi connectivity index (χ2v) is 7.25. The minimum Gasteiger partial charge on any atom is -0.354 e. The number of nitrogens with one attached hydrogen (secondary N) is 2. The topological polar surface area (TPSA) is 85.0 Å². The van der Waals surface area contributed by atoms with Gasteiger partial charge in [-0.3, -0.25) is 19.3 Å². The number of piperazine rings is 1. The van der Waals surface area contributed by atoms with Crippen LogP contribution in [0.5, 0.6) is 0 Å². The van der Waals surface area contributed by atoms with Crippen molar-refractivity contribution in [3.8, 4) is 0 Å². The van der Waals surface area contributed by atoms with Crippen LogP contribution >= 0.6 is 24.8 Å². The molecule has 0 spiro atoms. The van der Waals surface area contributed by atoms with Crippen molar-refractivity contribution in [1.29, 1.82) is 0 Å². The molecule has 8 nitrogen and oxygen atoms in total. The maximum absolute atomic E-state index is 12.6. The Morgan fingerprint density at radius 3 is 2.70 bits per heavy atom. The number of hydrogen-bond acceptors (Lipinski definition) is 5. The first-order valence-corrected chi connectivity index (χ1v) is 9.29. The first-order valence-electron chi connectivity index (χ1n) is 9.29. The summed E-state index contributed by atoms with van der Waals surface area (Å²) in [7, 11) is 1.90. The summed E-state index contributed by atoms with van der Waals surface area (Å²) in [5, 5.41) is 5.89. The van der Waals surface area contributed by atoms with Gasteiger partial charge >= 0.3 is 0 Å². The van der Waals surface area contributed by atoms with Gasteiger partial charge in [-0.1, -0.05) is 0 Å². The van der Waals surface area contributed by atoms with Gasteiger partial charge in [0, 0.05) is 51.7 Å². The highest BCUT2D eigenvalue weighted by Crippen LogP contribution is 2.31. The summed E-state index contributed by atoms with van der Waals surface area (Å²) >= 11 is 0. The van der Waals surface area contributed by atoms with Gasteiger partial charge in [0.25, 0.3) is 0 Å². The zero-order valence-electron chi connectivity index (χ0n) is 15.8. The van der Waals surface area contributed by atoms with E-state index in [-0.39, 0.29) is 48.6 Å². The Morgan fingerprint density at radius 1 is 1.22 bits per heavy atom. The van der Waals surface area contributed by atoms with Crippen LogP contribution in [0.2, 0.25) is 0 Å². The van der Waals surface area contributed by atoms with Gasteiger partial charge in [-0.2, -0.15) is 0 Å². The largest absolute Gasteiger partial charge is 0.354 e. The van der Waals surface area contributed by atoms with E-state index >= 15 is 0 Å². The molecule has 3 heterocycles. The standard InChI is InChI=1S/C17H29N5O3.2ClH/c1-18-5-9-22-14-4-7-21(10-13(14)2-3-16(22)24)17(25)12-20-8-6-19-15(23)11-20;;/h13-14,18H,2-12H2,1H3,(H,19,23);2*1H/t13-,14+;;/m0../s1. The molecule has 3 amide bonds. The van der Waals surface area contributed by atoms with E-state index in [1.807, 2.05) is 21.7 Å². The van der Waals surface area contributed by atoms with E-state index in [1.54, 1.807) is 0 Å². The second-order valence-electron chi connectivity index (χ2n) is 7.25. The van der Waals surface area contributed by atoms with Gasteiger partial charge in [0.2, 0.25) is 17.7 Å². The summed E-state index contributed by atoms with van der Waals surface area (Å²) < 4.78 is 0. The van der Waals surface area contributed by atoms with Crippen LogP contribution in [0.1, 0.15) is 19.3 Å². The van der Waals surface area contributed by atoms with Crippen molar-refractivity contribution >= 4 is 42.5 Å². The van der Waals surface area contributed by atoms with Crippen molar-refractivity contribution in [2.75, 3.05) is 59.4 Å². The molecule has 3 fully saturated rings. The molecule has 0 aliphatic carbocycles. The number of hydrogen-bond donors (Lipinski definition) is 2. The van der Waals surface area contributed by atoms with Crippen LogP contribution in [0.25, 0.3) is 0 Å². The Bertz CT molecular complexity index is 537. The Morgan fingerprint density at radius 2 is 2.00 bits per heavy atom. The highest BCUT2D eigenvalue weighted by Gasteiger charge is 2.40. The average Bonchev–Trinajstić information content (AvgIpc) is 2.60. The Kier molecular flexibility index (Phi) is 9.80. The smallest absolute Gasteiger partial charge is 0.236 e. The van der Waals surface area contributed by atoms with E-state index in [0.717, 1.165) is 39.0 Å². The number of amides is 3. The van der Waals surface area contributed by atoms with Crippen molar-refractivity contribution in [2.24, 2.45) is 5.92 Å². The van der Waals surface area contributed by atoms with Crippen LogP contribution in [0.3, 0.4) is 0 Å². The minimum atomic E-state index is -0.0104. The molecule has 0 saturated carbocycles. The summed E-state index contributed by atoms with van der Waals surface area (Å²) in [5.41, 5.74) is 0. The molecule has 3 rings (SSSR count). The molecule has 0 aromatic carbocycles. The molecule has 0 bridgehead atoms. The number of carbonyl (C=O) groups is 3. The molecule has 2 atom stereocenters. The number of piperidine rings is 2. The third-order valence-electron chi connectivity index (χ3n) is 5.58. The van der Waals surface area contributed by atoms with Crippen molar-refractivity contribution in [2.45, 2.75) is 25.3 Å². The molecule has 27 heavy (non-hydrogen) atoms. The first kappa shape index (κ1) is 23.9. The highest BCUT2D eigenvalue weighted by atomic mass is 35.5. The summed E-state index contributed by atoms with van der Waals surface area (Å²) in [6.07, 6.45) is 2.31. The van der Waals surface area contributed by atoms with Crippen LogP contribution in [-0.2, 0) is 14.4 Å². The molecule has 10 heteroatoms. The van der Waals surface area contributed by atoms with Crippen LogP contribution in [-0.4, -0.2) is 97.9 Å². The van der Waals surface area contributed by atoms with E-state index in [1.165, 1.54) is 0 Å². The minimum absolute atomic E-state index is 0. The number of carbonyl (C=O) groups excluding carboxylic acids is 3. The van der Waals surface area contributed by atoms with E-state index in [0.29, 0.717) is 38.5 Å². The lowest BCUT2D eigenvalue weighted by Crippen LogP contribution is -2.59. The molecule has 0 unspecified atom stereocenters. The van der Waals surface area contributed by atoms with Gasteiger partial charge in [0.05, 0.1) is 13.1 Å². The monoisotopic (exact) mass is 423 g/mol. The fraction of sp³-hybridized carbons (Fsp3) is 0.824. The molecule has 0 aromatic heterocycles. The third-order valence-corrected chi connectivity index (χ3v) is 5.58. The van der Waals surface area contributed by atoms with E-state index < -0.39 is 0 Å². The van der Waals surface area contributed by atoms with Crippen molar-refractivity contribution in [1.82, 2.24) is 25.3 Å². The SMILES string of the molecule is CNCCN1C(=O)CC[C@H]2CN(C(=O)CN3CCNC(=O)C3)CC[C@H]21.Cl.Cl. The normalized spacial score (nSPS) is 25.8. The molecular weight excluding hydrogens is 393 g/mol. The molecule has 2 N–H and O–H groups in total. The van der Waals surface area contributed by atoms with Gasteiger partial charge < -0.3 is 20.4 Å². The summed E-state index contributed by atoms with van der Waals surface area (Å²) in [6.45, 7) is 4.92. The fourth-order valence-electron chi connectivity index (χ4n) is 4.22. The Labute approximate surface area is 173 Å². The lowest BCUT2D eigenvalue weighted by molar-refractivity contribution is -0.144. The third kappa shape index (κ3) is 5.94. The quantitative estimate of drug-likeness (QED) is 0.611. The van der Waals surface area contributed by atoms with Crippen LogP contribution < -0.4 is 10.6 Å². The van der Waals surface area contributed by atoms with E-state index in [4.69, 9.17) is 0 Å². The number of rotatable bonds is 5.